The van der Waals surface area contributed by atoms with Gasteiger partial charge in [-0.2, -0.15) is 0 Å². The van der Waals surface area contributed by atoms with Crippen LogP contribution in [0.3, 0.4) is 0 Å². The molecule has 100 valence electrons. The van der Waals surface area contributed by atoms with Gasteiger partial charge in [-0.05, 0) is 39.0 Å². The Balaban J connectivity index is 2.22. The van der Waals surface area contributed by atoms with E-state index in [1.54, 1.807) is 0 Å². The number of likely N-dealkylation sites (tertiary alicyclic amines) is 1. The van der Waals surface area contributed by atoms with E-state index in [0.717, 1.165) is 52.1 Å². The molecule has 0 aromatic rings. The minimum atomic E-state index is 0.0773. The van der Waals surface area contributed by atoms with Gasteiger partial charge < -0.3 is 15.1 Å². The summed E-state index contributed by atoms with van der Waals surface area (Å²) in [6, 6.07) is 0.0773. The molecule has 0 bridgehead atoms. The van der Waals surface area contributed by atoms with Crippen LogP contribution in [0.2, 0.25) is 0 Å². The van der Waals surface area contributed by atoms with E-state index in [4.69, 9.17) is 0 Å². The van der Waals surface area contributed by atoms with E-state index in [0.29, 0.717) is 5.91 Å². The molecule has 0 radical (unpaired) electrons. The average molecular weight is 241 g/mol. The maximum absolute atomic E-state index is 12.0. The van der Waals surface area contributed by atoms with Gasteiger partial charge in [0, 0.05) is 13.1 Å². The quantitative estimate of drug-likeness (QED) is 0.686. The first-order chi connectivity index (χ1) is 8.22. The second kappa shape index (κ2) is 7.67. The molecule has 0 aromatic heterocycles. The molecule has 0 aromatic carbocycles. The van der Waals surface area contributed by atoms with E-state index in [-0.39, 0.29) is 6.04 Å². The maximum Gasteiger partial charge on any atom is 0.239 e. The van der Waals surface area contributed by atoms with E-state index in [9.17, 15) is 4.79 Å². The molecule has 1 aliphatic heterocycles. The van der Waals surface area contributed by atoms with Gasteiger partial charge in [0.25, 0.3) is 0 Å². The third kappa shape index (κ3) is 4.28. The molecule has 1 unspecified atom stereocenters. The van der Waals surface area contributed by atoms with Crippen LogP contribution in [0.1, 0.15) is 33.6 Å². The fraction of sp³-hybridized carbons (Fsp3) is 0.923. The molecule has 1 heterocycles. The Labute approximate surface area is 105 Å². The molecular formula is C13H27N3O. The average Bonchev–Trinajstić information content (AvgIpc) is 2.68. The van der Waals surface area contributed by atoms with Crippen LogP contribution in [0.25, 0.3) is 0 Å². The fourth-order valence-corrected chi connectivity index (χ4v) is 2.42. The number of likely N-dealkylation sites (N-methyl/N-ethyl adjacent to an activating group) is 1. The summed E-state index contributed by atoms with van der Waals surface area (Å²) < 4.78 is 0. The van der Waals surface area contributed by atoms with Crippen molar-refractivity contribution in [2.24, 2.45) is 0 Å². The highest BCUT2D eigenvalue weighted by atomic mass is 16.2. The Morgan fingerprint density at radius 1 is 1.35 bits per heavy atom. The predicted molar refractivity (Wildman–Crippen MR) is 71.1 cm³/mol. The van der Waals surface area contributed by atoms with Crippen molar-refractivity contribution in [1.29, 1.82) is 0 Å². The second-order valence-electron chi connectivity index (χ2n) is 4.60. The molecule has 1 fully saturated rings. The third-order valence-corrected chi connectivity index (χ3v) is 3.54. The van der Waals surface area contributed by atoms with Crippen molar-refractivity contribution in [3.63, 3.8) is 0 Å². The zero-order valence-electron chi connectivity index (χ0n) is 11.5. The van der Waals surface area contributed by atoms with E-state index in [1.165, 1.54) is 0 Å². The van der Waals surface area contributed by atoms with Gasteiger partial charge in [-0.15, -0.1) is 0 Å². The minimum Gasteiger partial charge on any atom is -0.341 e. The Bertz CT molecular complexity index is 229. The lowest BCUT2D eigenvalue weighted by Gasteiger charge is -2.21. The molecule has 1 atom stereocenters. The molecule has 1 N–H and O–H groups in total. The van der Waals surface area contributed by atoms with Gasteiger partial charge in [-0.25, -0.2) is 0 Å². The SMILES string of the molecule is CCNC1CCN(CCCN(CC)CC)C1=O. The van der Waals surface area contributed by atoms with Crippen molar-refractivity contribution in [1.82, 2.24) is 15.1 Å². The van der Waals surface area contributed by atoms with Gasteiger partial charge in [0.15, 0.2) is 0 Å². The van der Waals surface area contributed by atoms with E-state index < -0.39 is 0 Å². The molecule has 4 nitrogen and oxygen atoms in total. The van der Waals surface area contributed by atoms with Crippen LogP contribution in [-0.4, -0.2) is 61.0 Å². The smallest absolute Gasteiger partial charge is 0.239 e. The zero-order chi connectivity index (χ0) is 12.7. The van der Waals surface area contributed by atoms with E-state index >= 15 is 0 Å². The number of hydrogen-bond donors (Lipinski definition) is 1. The van der Waals surface area contributed by atoms with Crippen LogP contribution in [0.4, 0.5) is 0 Å². The van der Waals surface area contributed by atoms with Crippen molar-refractivity contribution in [2.45, 2.75) is 39.7 Å². The third-order valence-electron chi connectivity index (χ3n) is 3.54. The number of carbonyl (C=O) groups excluding carboxylic acids is 1. The highest BCUT2D eigenvalue weighted by Gasteiger charge is 2.30. The minimum absolute atomic E-state index is 0.0773. The number of amides is 1. The lowest BCUT2D eigenvalue weighted by Crippen LogP contribution is -2.39. The lowest BCUT2D eigenvalue weighted by molar-refractivity contribution is -0.129. The molecule has 17 heavy (non-hydrogen) atoms. The van der Waals surface area contributed by atoms with Crippen molar-refractivity contribution in [3.8, 4) is 0 Å². The van der Waals surface area contributed by atoms with Gasteiger partial charge in [0.1, 0.15) is 0 Å². The highest BCUT2D eigenvalue weighted by molar-refractivity contribution is 5.83. The van der Waals surface area contributed by atoms with Crippen LogP contribution < -0.4 is 5.32 Å². The summed E-state index contributed by atoms with van der Waals surface area (Å²) in [6.07, 6.45) is 2.06. The summed E-state index contributed by atoms with van der Waals surface area (Å²) in [6.45, 7) is 12.4. The molecule has 1 amide bonds. The van der Waals surface area contributed by atoms with Crippen LogP contribution in [0.15, 0.2) is 0 Å². The number of carbonyl (C=O) groups is 1. The summed E-state index contributed by atoms with van der Waals surface area (Å²) >= 11 is 0. The largest absolute Gasteiger partial charge is 0.341 e. The molecule has 4 heteroatoms. The van der Waals surface area contributed by atoms with E-state index in [1.807, 2.05) is 4.90 Å². The number of rotatable bonds is 8. The van der Waals surface area contributed by atoms with Gasteiger partial charge in [0.05, 0.1) is 6.04 Å². The zero-order valence-corrected chi connectivity index (χ0v) is 11.5. The number of nitrogens with one attached hydrogen (secondary N) is 1. The van der Waals surface area contributed by atoms with Crippen molar-refractivity contribution in [3.05, 3.63) is 0 Å². The summed E-state index contributed by atoms with van der Waals surface area (Å²) in [5.74, 6) is 0.298. The monoisotopic (exact) mass is 241 g/mol. The maximum atomic E-state index is 12.0. The van der Waals surface area contributed by atoms with Crippen molar-refractivity contribution >= 4 is 5.91 Å². The highest BCUT2D eigenvalue weighted by Crippen LogP contribution is 2.11. The fourth-order valence-electron chi connectivity index (χ4n) is 2.42. The van der Waals surface area contributed by atoms with Crippen LogP contribution in [0, 0.1) is 0 Å². The molecule has 0 saturated carbocycles. The Morgan fingerprint density at radius 2 is 2.06 bits per heavy atom. The topological polar surface area (TPSA) is 35.6 Å². The first-order valence-electron chi connectivity index (χ1n) is 6.97. The van der Waals surface area contributed by atoms with Crippen LogP contribution in [0.5, 0.6) is 0 Å². The number of nitrogens with zero attached hydrogens (tertiary/aromatic N) is 2. The Morgan fingerprint density at radius 3 is 2.65 bits per heavy atom. The van der Waals surface area contributed by atoms with Crippen molar-refractivity contribution < 1.29 is 4.79 Å². The van der Waals surface area contributed by atoms with Gasteiger partial charge in [0.2, 0.25) is 5.91 Å². The molecule has 0 aliphatic carbocycles. The van der Waals surface area contributed by atoms with Gasteiger partial charge in [-0.1, -0.05) is 20.8 Å². The molecular weight excluding hydrogens is 214 g/mol. The standard InChI is InChI=1S/C13H27N3O/c1-4-14-12-8-11-16(13(12)17)10-7-9-15(5-2)6-3/h12,14H,4-11H2,1-3H3. The second-order valence-corrected chi connectivity index (χ2v) is 4.60. The summed E-state index contributed by atoms with van der Waals surface area (Å²) in [4.78, 5) is 16.4. The predicted octanol–water partition coefficient (Wildman–Crippen LogP) is 0.929. The molecule has 1 rings (SSSR count). The van der Waals surface area contributed by atoms with Gasteiger partial charge >= 0.3 is 0 Å². The van der Waals surface area contributed by atoms with Crippen molar-refractivity contribution in [2.75, 3.05) is 39.3 Å². The molecule has 0 spiro atoms. The summed E-state index contributed by atoms with van der Waals surface area (Å²) in [5.41, 5.74) is 0. The van der Waals surface area contributed by atoms with Gasteiger partial charge in [-0.3, -0.25) is 4.79 Å². The number of hydrogen-bond acceptors (Lipinski definition) is 3. The summed E-state index contributed by atoms with van der Waals surface area (Å²) in [7, 11) is 0. The first-order valence-corrected chi connectivity index (χ1v) is 6.97. The first kappa shape index (κ1) is 14.5. The van der Waals surface area contributed by atoms with Crippen LogP contribution >= 0.6 is 0 Å². The molecule has 1 aliphatic rings. The van der Waals surface area contributed by atoms with E-state index in [2.05, 4.69) is 31.0 Å². The Kier molecular flexibility index (Phi) is 6.52. The summed E-state index contributed by atoms with van der Waals surface area (Å²) in [5, 5.41) is 3.24. The normalized spacial score (nSPS) is 20.6. The van der Waals surface area contributed by atoms with Crippen LogP contribution in [-0.2, 0) is 4.79 Å². The lowest BCUT2D eigenvalue weighted by atomic mass is 10.2. The molecule has 1 saturated heterocycles. The Hall–Kier alpha value is -0.610.